The van der Waals surface area contributed by atoms with Crippen LogP contribution in [0.1, 0.15) is 18.4 Å². The van der Waals surface area contributed by atoms with Gasteiger partial charge in [-0.25, -0.2) is 0 Å². The summed E-state index contributed by atoms with van der Waals surface area (Å²) in [6.45, 7) is 0.00528. The number of carbonyl (C=O) groups excluding carboxylic acids is 1. The summed E-state index contributed by atoms with van der Waals surface area (Å²) in [4.78, 5) is 11.3. The number of rotatable bonds is 4. The number of benzene rings is 1. The lowest BCUT2D eigenvalue weighted by Gasteiger charge is -2.04. The van der Waals surface area contributed by atoms with Crippen LogP contribution in [0.5, 0.6) is 0 Å². The van der Waals surface area contributed by atoms with Crippen molar-refractivity contribution in [2.45, 2.75) is 19.4 Å². The monoisotopic (exact) mass is 203 g/mol. The molecule has 1 aromatic carbocycles. The molecule has 0 spiro atoms. The highest BCUT2D eigenvalue weighted by molar-refractivity contribution is 5.90. The van der Waals surface area contributed by atoms with E-state index in [0.717, 1.165) is 5.56 Å². The molecule has 1 rings (SSSR count). The zero-order valence-corrected chi connectivity index (χ0v) is 8.36. The van der Waals surface area contributed by atoms with Gasteiger partial charge in [0.05, 0.1) is 6.61 Å². The largest absolute Gasteiger partial charge is 0.392 e. The third-order valence-electron chi connectivity index (χ3n) is 1.92. The summed E-state index contributed by atoms with van der Waals surface area (Å²) >= 11 is 0. The number of carbonyl (C=O) groups is 1. The third kappa shape index (κ3) is 3.84. The van der Waals surface area contributed by atoms with Crippen molar-refractivity contribution < 1.29 is 9.90 Å². The summed E-state index contributed by atoms with van der Waals surface area (Å²) in [7, 11) is 0. The minimum Gasteiger partial charge on any atom is -0.392 e. The van der Waals surface area contributed by atoms with Crippen molar-refractivity contribution in [1.82, 2.24) is 0 Å². The van der Waals surface area contributed by atoms with Crippen molar-refractivity contribution in [3.05, 3.63) is 29.8 Å². The molecule has 1 amide bonds. The summed E-state index contributed by atoms with van der Waals surface area (Å²) in [5.74, 6) is 2.32. The lowest BCUT2D eigenvalue weighted by Crippen LogP contribution is -2.10. The zero-order valence-electron chi connectivity index (χ0n) is 8.36. The highest BCUT2D eigenvalue weighted by atomic mass is 16.3. The Kier molecular flexibility index (Phi) is 4.39. The minimum absolute atomic E-state index is 0.00528. The SMILES string of the molecule is C#CCCC(=O)Nc1ccc(CO)cc1. The molecule has 0 aliphatic carbocycles. The van der Waals surface area contributed by atoms with Crippen molar-refractivity contribution in [2.75, 3.05) is 5.32 Å². The molecule has 3 heteroatoms. The molecule has 0 aliphatic heterocycles. The first-order valence-electron chi connectivity index (χ1n) is 4.69. The average Bonchev–Trinajstić information content (AvgIpc) is 2.27. The molecule has 0 radical (unpaired) electrons. The molecule has 0 saturated carbocycles. The fourth-order valence-electron chi connectivity index (χ4n) is 1.10. The summed E-state index contributed by atoms with van der Waals surface area (Å²) < 4.78 is 0. The first-order chi connectivity index (χ1) is 7.26. The van der Waals surface area contributed by atoms with Crippen molar-refractivity contribution in [1.29, 1.82) is 0 Å². The Morgan fingerprint density at radius 1 is 1.40 bits per heavy atom. The van der Waals surface area contributed by atoms with E-state index < -0.39 is 0 Å². The molecule has 2 N–H and O–H groups in total. The van der Waals surface area contributed by atoms with E-state index >= 15 is 0 Å². The second-order valence-electron chi connectivity index (χ2n) is 3.11. The van der Waals surface area contributed by atoms with Crippen LogP contribution in [-0.2, 0) is 11.4 Å². The van der Waals surface area contributed by atoms with Crippen LogP contribution in [0.4, 0.5) is 5.69 Å². The Labute approximate surface area is 89.1 Å². The van der Waals surface area contributed by atoms with Gasteiger partial charge in [-0.1, -0.05) is 12.1 Å². The van der Waals surface area contributed by atoms with Crippen LogP contribution in [0, 0.1) is 12.3 Å². The summed E-state index contributed by atoms with van der Waals surface area (Å²) in [6, 6.07) is 7.02. The lowest BCUT2D eigenvalue weighted by molar-refractivity contribution is -0.116. The van der Waals surface area contributed by atoms with Crippen LogP contribution in [0.15, 0.2) is 24.3 Å². The molecule has 0 unspecified atom stereocenters. The lowest BCUT2D eigenvalue weighted by atomic mass is 10.2. The zero-order chi connectivity index (χ0) is 11.1. The fraction of sp³-hybridized carbons (Fsp3) is 0.250. The van der Waals surface area contributed by atoms with Gasteiger partial charge in [-0.15, -0.1) is 12.3 Å². The Balaban J connectivity index is 2.50. The van der Waals surface area contributed by atoms with E-state index in [1.54, 1.807) is 24.3 Å². The van der Waals surface area contributed by atoms with Gasteiger partial charge in [-0.05, 0) is 17.7 Å². The predicted octanol–water partition coefficient (Wildman–Crippen LogP) is 1.53. The van der Waals surface area contributed by atoms with Gasteiger partial charge in [0.15, 0.2) is 0 Å². The molecule has 78 valence electrons. The highest BCUT2D eigenvalue weighted by Crippen LogP contribution is 2.09. The summed E-state index contributed by atoms with van der Waals surface area (Å²) in [5.41, 5.74) is 1.53. The smallest absolute Gasteiger partial charge is 0.225 e. The first kappa shape index (κ1) is 11.3. The molecule has 0 fully saturated rings. The van der Waals surface area contributed by atoms with Gasteiger partial charge in [0.2, 0.25) is 5.91 Å². The molecule has 0 atom stereocenters. The predicted molar refractivity (Wildman–Crippen MR) is 59.1 cm³/mol. The van der Waals surface area contributed by atoms with Gasteiger partial charge in [0.1, 0.15) is 0 Å². The van der Waals surface area contributed by atoms with E-state index in [4.69, 9.17) is 11.5 Å². The molecule has 15 heavy (non-hydrogen) atoms. The number of nitrogens with one attached hydrogen (secondary N) is 1. The summed E-state index contributed by atoms with van der Waals surface area (Å²) in [6.07, 6.45) is 5.83. The van der Waals surface area contributed by atoms with Crippen molar-refractivity contribution in [2.24, 2.45) is 0 Å². The molecule has 1 aromatic rings. The number of amides is 1. The quantitative estimate of drug-likeness (QED) is 0.729. The van der Waals surface area contributed by atoms with E-state index in [2.05, 4.69) is 11.2 Å². The van der Waals surface area contributed by atoms with E-state index in [9.17, 15) is 4.79 Å². The molecular weight excluding hydrogens is 190 g/mol. The number of aliphatic hydroxyl groups is 1. The standard InChI is InChI=1S/C12H13NO2/c1-2-3-4-12(15)13-11-7-5-10(9-14)6-8-11/h1,5-8,14H,3-4,9H2,(H,13,15). The number of anilines is 1. The maximum Gasteiger partial charge on any atom is 0.225 e. The topological polar surface area (TPSA) is 49.3 Å². The Morgan fingerprint density at radius 3 is 2.60 bits per heavy atom. The van der Waals surface area contributed by atoms with Gasteiger partial charge in [-0.2, -0.15) is 0 Å². The molecule has 0 bridgehead atoms. The fourth-order valence-corrected chi connectivity index (χ4v) is 1.10. The maximum absolute atomic E-state index is 11.3. The molecule has 0 saturated heterocycles. The highest BCUT2D eigenvalue weighted by Gasteiger charge is 2.00. The van der Waals surface area contributed by atoms with Crippen LogP contribution in [-0.4, -0.2) is 11.0 Å². The number of aliphatic hydroxyl groups excluding tert-OH is 1. The second kappa shape index (κ2) is 5.84. The minimum atomic E-state index is -0.0929. The number of hydrogen-bond donors (Lipinski definition) is 2. The van der Waals surface area contributed by atoms with E-state index in [0.29, 0.717) is 18.5 Å². The second-order valence-corrected chi connectivity index (χ2v) is 3.11. The maximum atomic E-state index is 11.3. The molecule has 0 heterocycles. The van der Waals surface area contributed by atoms with Gasteiger partial charge >= 0.3 is 0 Å². The summed E-state index contributed by atoms with van der Waals surface area (Å²) in [5, 5.41) is 11.5. The van der Waals surface area contributed by atoms with E-state index in [-0.39, 0.29) is 12.5 Å². The van der Waals surface area contributed by atoms with Crippen LogP contribution >= 0.6 is 0 Å². The Morgan fingerprint density at radius 2 is 2.07 bits per heavy atom. The average molecular weight is 203 g/mol. The van der Waals surface area contributed by atoms with Gasteiger partial charge in [0.25, 0.3) is 0 Å². The van der Waals surface area contributed by atoms with Crippen LogP contribution in [0.2, 0.25) is 0 Å². The molecule has 0 aliphatic rings. The van der Waals surface area contributed by atoms with Crippen molar-refractivity contribution >= 4 is 11.6 Å². The number of terminal acetylenes is 1. The Bertz CT molecular complexity index is 362. The van der Waals surface area contributed by atoms with Gasteiger partial charge in [0, 0.05) is 18.5 Å². The van der Waals surface area contributed by atoms with E-state index in [1.807, 2.05) is 0 Å². The van der Waals surface area contributed by atoms with Crippen LogP contribution in [0.25, 0.3) is 0 Å². The molecule has 0 aromatic heterocycles. The first-order valence-corrected chi connectivity index (χ1v) is 4.69. The van der Waals surface area contributed by atoms with E-state index in [1.165, 1.54) is 0 Å². The van der Waals surface area contributed by atoms with Crippen molar-refractivity contribution in [3.63, 3.8) is 0 Å². The van der Waals surface area contributed by atoms with Gasteiger partial charge < -0.3 is 10.4 Å². The normalized spacial score (nSPS) is 9.33. The number of hydrogen-bond acceptors (Lipinski definition) is 2. The van der Waals surface area contributed by atoms with Gasteiger partial charge in [-0.3, -0.25) is 4.79 Å². The van der Waals surface area contributed by atoms with Crippen LogP contribution in [0.3, 0.4) is 0 Å². The third-order valence-corrected chi connectivity index (χ3v) is 1.92. The molecule has 3 nitrogen and oxygen atoms in total. The van der Waals surface area contributed by atoms with Crippen molar-refractivity contribution in [3.8, 4) is 12.3 Å². The van der Waals surface area contributed by atoms with Crippen LogP contribution < -0.4 is 5.32 Å². The molecular formula is C12H13NO2. The Hall–Kier alpha value is -1.79.